The molecule has 2 aromatic rings. The molecule has 0 spiro atoms. The summed E-state index contributed by atoms with van der Waals surface area (Å²) in [5.74, 6) is -1.17. The van der Waals surface area contributed by atoms with Gasteiger partial charge in [-0.1, -0.05) is 17.7 Å². The lowest BCUT2D eigenvalue weighted by molar-refractivity contribution is 0.579. The predicted molar refractivity (Wildman–Crippen MR) is 91.9 cm³/mol. The van der Waals surface area contributed by atoms with Crippen molar-refractivity contribution < 1.29 is 8.78 Å². The van der Waals surface area contributed by atoms with Gasteiger partial charge in [0.05, 0.1) is 22.0 Å². The number of fused-ring (bicyclic) bond motifs is 1. The number of rotatable bonds is 1. The number of aliphatic imine (C=N–C) groups is 2. The molecule has 0 saturated heterocycles. The molecule has 23 heavy (non-hydrogen) atoms. The molecular weight excluding hydrogens is 388 g/mol. The van der Waals surface area contributed by atoms with Crippen LogP contribution in [0.1, 0.15) is 18.1 Å². The highest BCUT2D eigenvalue weighted by atomic mass is 79.9. The molecule has 1 aliphatic heterocycles. The second kappa shape index (κ2) is 6.02. The Bertz CT molecular complexity index is 844. The van der Waals surface area contributed by atoms with Gasteiger partial charge < -0.3 is 5.73 Å². The summed E-state index contributed by atoms with van der Waals surface area (Å²) < 4.78 is 29.0. The Labute approximate surface area is 145 Å². The standard InChI is InChI=1S/C16H11BrClF2N3/c1-7-16(21)23-11-6-5-8(18)14(17)13(11)15(22-7)12-9(19)3-2-4-10(12)20/h2-7H,1H3,(H2,21,23)/t7-/m0/s1. The third kappa shape index (κ3) is 2.77. The third-order valence-electron chi connectivity index (χ3n) is 3.51. The van der Waals surface area contributed by atoms with Crippen LogP contribution >= 0.6 is 27.5 Å². The largest absolute Gasteiger partial charge is 0.385 e. The van der Waals surface area contributed by atoms with E-state index in [9.17, 15) is 8.78 Å². The zero-order valence-electron chi connectivity index (χ0n) is 11.9. The molecule has 7 heteroatoms. The van der Waals surface area contributed by atoms with Crippen LogP contribution < -0.4 is 5.73 Å². The summed E-state index contributed by atoms with van der Waals surface area (Å²) in [5, 5.41) is 0.386. The SMILES string of the molecule is C[C@@H]1N=C(c2c(F)cccc2F)c2c(ccc(Cl)c2Br)N=C1N. The summed E-state index contributed by atoms with van der Waals surface area (Å²) in [6.07, 6.45) is 0. The lowest BCUT2D eigenvalue weighted by Gasteiger charge is -2.13. The van der Waals surface area contributed by atoms with E-state index in [0.717, 1.165) is 0 Å². The number of hydrogen-bond acceptors (Lipinski definition) is 3. The van der Waals surface area contributed by atoms with Gasteiger partial charge >= 0.3 is 0 Å². The van der Waals surface area contributed by atoms with E-state index >= 15 is 0 Å². The highest BCUT2D eigenvalue weighted by molar-refractivity contribution is 9.10. The molecule has 1 atom stereocenters. The minimum atomic E-state index is -0.714. The van der Waals surface area contributed by atoms with Crippen LogP contribution in [0.4, 0.5) is 14.5 Å². The van der Waals surface area contributed by atoms with Gasteiger partial charge in [-0.05, 0) is 47.1 Å². The first-order valence-electron chi connectivity index (χ1n) is 6.74. The van der Waals surface area contributed by atoms with Crippen LogP contribution in [0.15, 0.2) is 44.8 Å². The first-order valence-corrected chi connectivity index (χ1v) is 7.92. The lowest BCUT2D eigenvalue weighted by Crippen LogP contribution is -2.24. The van der Waals surface area contributed by atoms with Gasteiger partial charge in [0.1, 0.15) is 23.5 Å². The average molecular weight is 399 g/mol. The molecule has 0 unspecified atom stereocenters. The van der Waals surface area contributed by atoms with Crippen molar-refractivity contribution in [2.45, 2.75) is 13.0 Å². The molecule has 0 aromatic heterocycles. The fourth-order valence-electron chi connectivity index (χ4n) is 2.33. The van der Waals surface area contributed by atoms with Gasteiger partial charge in [0.25, 0.3) is 0 Å². The average Bonchev–Trinajstić information content (AvgIpc) is 2.61. The van der Waals surface area contributed by atoms with E-state index in [4.69, 9.17) is 17.3 Å². The maximum atomic E-state index is 14.3. The number of nitrogens with zero attached hydrogens (tertiary/aromatic N) is 2. The Balaban J connectivity index is 2.39. The zero-order chi connectivity index (χ0) is 16.7. The van der Waals surface area contributed by atoms with Crippen molar-refractivity contribution in [3.8, 4) is 0 Å². The maximum absolute atomic E-state index is 14.3. The molecule has 2 aromatic carbocycles. The van der Waals surface area contributed by atoms with Crippen LogP contribution in [0.3, 0.4) is 0 Å². The molecule has 1 aliphatic rings. The normalized spacial score (nSPS) is 17.2. The molecule has 2 N–H and O–H groups in total. The quantitative estimate of drug-likeness (QED) is 0.749. The molecule has 0 aliphatic carbocycles. The first kappa shape index (κ1) is 16.1. The van der Waals surface area contributed by atoms with Crippen molar-refractivity contribution in [1.82, 2.24) is 0 Å². The highest BCUT2D eigenvalue weighted by Gasteiger charge is 2.26. The zero-order valence-corrected chi connectivity index (χ0v) is 14.3. The molecule has 0 bridgehead atoms. The number of amidine groups is 1. The fourth-order valence-corrected chi connectivity index (χ4v) is 3.01. The fraction of sp³-hybridized carbons (Fsp3) is 0.125. The lowest BCUT2D eigenvalue weighted by atomic mass is 9.99. The van der Waals surface area contributed by atoms with E-state index in [1.807, 2.05) is 0 Å². The van der Waals surface area contributed by atoms with Gasteiger partial charge in [0, 0.05) is 10.0 Å². The summed E-state index contributed by atoms with van der Waals surface area (Å²) in [4.78, 5) is 8.69. The van der Waals surface area contributed by atoms with Gasteiger partial charge in [0.2, 0.25) is 0 Å². The molecule has 3 nitrogen and oxygen atoms in total. The van der Waals surface area contributed by atoms with Crippen molar-refractivity contribution >= 4 is 44.8 Å². The van der Waals surface area contributed by atoms with E-state index in [0.29, 0.717) is 20.7 Å². The van der Waals surface area contributed by atoms with Crippen LogP contribution in [0.2, 0.25) is 5.02 Å². The summed E-state index contributed by atoms with van der Waals surface area (Å²) >= 11 is 9.49. The van der Waals surface area contributed by atoms with Gasteiger partial charge in [-0.25, -0.2) is 13.8 Å². The Hall–Kier alpha value is -1.79. The summed E-state index contributed by atoms with van der Waals surface area (Å²) in [6.45, 7) is 1.71. The summed E-state index contributed by atoms with van der Waals surface area (Å²) in [6, 6.07) is 6.40. The minimum Gasteiger partial charge on any atom is -0.385 e. The van der Waals surface area contributed by atoms with Gasteiger partial charge in [0.15, 0.2) is 0 Å². The molecule has 3 rings (SSSR count). The van der Waals surface area contributed by atoms with Crippen LogP contribution in [0.25, 0.3) is 0 Å². The van der Waals surface area contributed by atoms with E-state index in [-0.39, 0.29) is 17.1 Å². The van der Waals surface area contributed by atoms with E-state index in [1.54, 1.807) is 19.1 Å². The topological polar surface area (TPSA) is 50.7 Å². The third-order valence-corrected chi connectivity index (χ3v) is 4.88. The van der Waals surface area contributed by atoms with Gasteiger partial charge in [-0.3, -0.25) is 4.99 Å². The van der Waals surface area contributed by atoms with Gasteiger partial charge in [-0.15, -0.1) is 0 Å². The molecular formula is C16H11BrClF2N3. The van der Waals surface area contributed by atoms with E-state index in [2.05, 4.69) is 25.9 Å². The van der Waals surface area contributed by atoms with Crippen LogP contribution in [-0.2, 0) is 0 Å². The molecule has 0 amide bonds. The summed E-state index contributed by atoms with van der Waals surface area (Å²) in [5.41, 5.74) is 6.66. The summed E-state index contributed by atoms with van der Waals surface area (Å²) in [7, 11) is 0. The second-order valence-electron chi connectivity index (χ2n) is 5.04. The van der Waals surface area contributed by atoms with Crippen molar-refractivity contribution in [3.05, 3.63) is 62.6 Å². The van der Waals surface area contributed by atoms with Crippen molar-refractivity contribution in [3.63, 3.8) is 0 Å². The Morgan fingerprint density at radius 1 is 1.13 bits per heavy atom. The molecule has 0 radical (unpaired) electrons. The maximum Gasteiger partial charge on any atom is 0.135 e. The second-order valence-corrected chi connectivity index (χ2v) is 6.24. The van der Waals surface area contributed by atoms with E-state index in [1.165, 1.54) is 18.2 Å². The van der Waals surface area contributed by atoms with Gasteiger partial charge in [-0.2, -0.15) is 0 Å². The molecule has 0 fully saturated rings. The Morgan fingerprint density at radius 3 is 2.43 bits per heavy atom. The minimum absolute atomic E-state index is 0.127. The van der Waals surface area contributed by atoms with Crippen molar-refractivity contribution in [1.29, 1.82) is 0 Å². The van der Waals surface area contributed by atoms with Crippen LogP contribution in [0.5, 0.6) is 0 Å². The number of nitrogens with two attached hydrogens (primary N) is 1. The Morgan fingerprint density at radius 2 is 1.78 bits per heavy atom. The first-order chi connectivity index (χ1) is 10.9. The Kier molecular flexibility index (Phi) is 4.21. The molecule has 1 heterocycles. The van der Waals surface area contributed by atoms with Crippen LogP contribution in [-0.4, -0.2) is 17.6 Å². The molecule has 118 valence electrons. The van der Waals surface area contributed by atoms with Crippen molar-refractivity contribution in [2.24, 2.45) is 15.7 Å². The number of halogens is 4. The predicted octanol–water partition coefficient (Wildman–Crippen LogP) is 4.61. The smallest absolute Gasteiger partial charge is 0.135 e. The van der Waals surface area contributed by atoms with Crippen molar-refractivity contribution in [2.75, 3.05) is 0 Å². The van der Waals surface area contributed by atoms with E-state index < -0.39 is 17.7 Å². The van der Waals surface area contributed by atoms with Crippen LogP contribution in [0, 0.1) is 11.6 Å². The number of hydrogen-bond donors (Lipinski definition) is 1. The monoisotopic (exact) mass is 397 g/mol. The highest BCUT2D eigenvalue weighted by Crippen LogP contribution is 2.37. The number of benzene rings is 2. The molecule has 0 saturated carbocycles.